The summed E-state index contributed by atoms with van der Waals surface area (Å²) in [5.41, 5.74) is 2.38. The molecule has 22 heavy (non-hydrogen) atoms. The summed E-state index contributed by atoms with van der Waals surface area (Å²) in [6.45, 7) is 8.92. The number of fused-ring (bicyclic) bond motifs is 1. The zero-order chi connectivity index (χ0) is 16.2. The Morgan fingerprint density at radius 3 is 1.32 bits per heavy atom. The Morgan fingerprint density at radius 1 is 0.727 bits per heavy atom. The molecule has 0 saturated heterocycles. The van der Waals surface area contributed by atoms with Crippen molar-refractivity contribution in [2.75, 3.05) is 0 Å². The second-order valence-electron chi connectivity index (χ2n) is 6.92. The van der Waals surface area contributed by atoms with E-state index in [1.165, 1.54) is 11.1 Å². The molecule has 0 unspecified atom stereocenters. The number of nitrogens with zero attached hydrogens (tertiary/aromatic N) is 1. The Labute approximate surface area is 136 Å². The molecule has 0 radical (unpaired) electrons. The van der Waals surface area contributed by atoms with Crippen LogP contribution < -0.4 is 0 Å². The van der Waals surface area contributed by atoms with Crippen LogP contribution >= 0.6 is 0 Å². The fourth-order valence-corrected chi connectivity index (χ4v) is 4.80. The molecule has 2 rings (SSSR count). The van der Waals surface area contributed by atoms with Gasteiger partial charge in [-0.2, -0.15) is 5.06 Å². The predicted molar refractivity (Wildman–Crippen MR) is 93.1 cm³/mol. The number of hydrogen-bond donors (Lipinski definition) is 1. The molecule has 0 atom stereocenters. The lowest BCUT2D eigenvalue weighted by atomic mass is 9.80. The molecule has 0 spiro atoms. The van der Waals surface area contributed by atoms with Crippen LogP contribution in [0.5, 0.6) is 0 Å². The molecular weight excluding hydrogens is 270 g/mol. The third-order valence-corrected chi connectivity index (χ3v) is 5.39. The largest absolute Gasteiger partial charge is 0.312 e. The van der Waals surface area contributed by atoms with E-state index in [9.17, 15) is 5.21 Å². The van der Waals surface area contributed by atoms with E-state index >= 15 is 0 Å². The maximum absolute atomic E-state index is 11.4. The van der Waals surface area contributed by atoms with Crippen molar-refractivity contribution in [2.24, 2.45) is 0 Å². The van der Waals surface area contributed by atoms with Gasteiger partial charge in [0.2, 0.25) is 0 Å². The molecule has 0 bridgehead atoms. The number of hydroxylamine groups is 2. The highest BCUT2D eigenvalue weighted by Crippen LogP contribution is 2.56. The quantitative estimate of drug-likeness (QED) is 0.638. The second-order valence-corrected chi connectivity index (χ2v) is 6.92. The normalized spacial score (nSPS) is 19.3. The lowest BCUT2D eigenvalue weighted by Crippen LogP contribution is -2.49. The lowest BCUT2D eigenvalue weighted by Gasteiger charge is -2.44. The van der Waals surface area contributed by atoms with Gasteiger partial charge in [-0.1, -0.05) is 77.6 Å². The van der Waals surface area contributed by atoms with Gasteiger partial charge in [-0.25, -0.2) is 0 Å². The minimum atomic E-state index is -0.190. The first kappa shape index (κ1) is 17.5. The third-order valence-electron chi connectivity index (χ3n) is 5.39. The standard InChI is InChI=1S/C20H33NO/c1-5-13-19(14-6-2)17-11-9-10-12-18(17)20(15-7-3,16-8-4)21(19)22/h9-12,22H,5-8,13-16H2,1-4H3. The Hall–Kier alpha value is -0.860. The summed E-state index contributed by atoms with van der Waals surface area (Å²) >= 11 is 0. The zero-order valence-corrected chi connectivity index (χ0v) is 14.9. The fourth-order valence-electron chi connectivity index (χ4n) is 4.80. The summed E-state index contributed by atoms with van der Waals surface area (Å²) in [6, 6.07) is 8.80. The SMILES string of the molecule is CCCC1(CCC)c2ccccc2C(CCC)(CCC)N1O. The van der Waals surface area contributed by atoms with E-state index in [-0.39, 0.29) is 11.1 Å². The van der Waals surface area contributed by atoms with Crippen LogP contribution in [0.25, 0.3) is 0 Å². The molecule has 0 saturated carbocycles. The maximum atomic E-state index is 11.4. The Kier molecular flexibility index (Phi) is 5.68. The van der Waals surface area contributed by atoms with Gasteiger partial charge < -0.3 is 5.21 Å². The van der Waals surface area contributed by atoms with Crippen LogP contribution in [0, 0.1) is 0 Å². The minimum absolute atomic E-state index is 0.190. The van der Waals surface area contributed by atoms with E-state index in [0.29, 0.717) is 0 Å². The van der Waals surface area contributed by atoms with Gasteiger partial charge in [0.05, 0.1) is 11.1 Å². The summed E-state index contributed by atoms with van der Waals surface area (Å²) in [5.74, 6) is 0. The molecule has 0 aromatic heterocycles. The van der Waals surface area contributed by atoms with Crippen molar-refractivity contribution >= 4 is 0 Å². The van der Waals surface area contributed by atoms with Crippen molar-refractivity contribution in [3.05, 3.63) is 35.4 Å². The highest BCUT2D eigenvalue weighted by molar-refractivity contribution is 5.44. The summed E-state index contributed by atoms with van der Waals surface area (Å²) in [6.07, 6.45) is 8.51. The van der Waals surface area contributed by atoms with Gasteiger partial charge in [-0.3, -0.25) is 0 Å². The average Bonchev–Trinajstić information content (AvgIpc) is 2.70. The predicted octanol–water partition coefficient (Wildman–Crippen LogP) is 5.98. The van der Waals surface area contributed by atoms with Crippen molar-refractivity contribution in [1.82, 2.24) is 5.06 Å². The molecule has 124 valence electrons. The smallest absolute Gasteiger partial charge is 0.0722 e. The Morgan fingerprint density at radius 2 is 1.05 bits per heavy atom. The number of benzene rings is 1. The maximum Gasteiger partial charge on any atom is 0.0722 e. The molecule has 2 heteroatoms. The van der Waals surface area contributed by atoms with Crippen molar-refractivity contribution in [1.29, 1.82) is 0 Å². The van der Waals surface area contributed by atoms with Gasteiger partial charge in [0, 0.05) is 0 Å². The molecule has 1 N–H and O–H groups in total. The highest BCUT2D eigenvalue weighted by Gasteiger charge is 2.56. The topological polar surface area (TPSA) is 23.5 Å². The summed E-state index contributed by atoms with van der Waals surface area (Å²) < 4.78 is 0. The van der Waals surface area contributed by atoms with Crippen LogP contribution in [0.3, 0.4) is 0 Å². The fraction of sp³-hybridized carbons (Fsp3) is 0.700. The van der Waals surface area contributed by atoms with Crippen LogP contribution in [-0.4, -0.2) is 10.3 Å². The van der Waals surface area contributed by atoms with E-state index in [4.69, 9.17) is 0 Å². The van der Waals surface area contributed by atoms with Crippen molar-refractivity contribution in [3.63, 3.8) is 0 Å². The third kappa shape index (κ3) is 2.51. The first-order chi connectivity index (χ1) is 10.6. The van der Waals surface area contributed by atoms with Crippen LogP contribution in [0.1, 0.15) is 90.2 Å². The van der Waals surface area contributed by atoms with Crippen LogP contribution in [0.4, 0.5) is 0 Å². The lowest BCUT2D eigenvalue weighted by molar-refractivity contribution is -0.246. The van der Waals surface area contributed by atoms with E-state index < -0.39 is 0 Å². The monoisotopic (exact) mass is 303 g/mol. The average molecular weight is 303 g/mol. The van der Waals surface area contributed by atoms with Gasteiger partial charge in [0.1, 0.15) is 0 Å². The molecule has 1 heterocycles. The molecule has 1 aromatic rings. The van der Waals surface area contributed by atoms with E-state index in [1.54, 1.807) is 5.06 Å². The first-order valence-corrected chi connectivity index (χ1v) is 9.22. The summed E-state index contributed by atoms with van der Waals surface area (Å²) in [4.78, 5) is 0. The van der Waals surface area contributed by atoms with E-state index in [1.807, 2.05) is 0 Å². The van der Waals surface area contributed by atoms with Crippen LogP contribution in [-0.2, 0) is 11.1 Å². The van der Waals surface area contributed by atoms with Gasteiger partial charge in [-0.15, -0.1) is 0 Å². The minimum Gasteiger partial charge on any atom is -0.312 e. The molecule has 0 fully saturated rings. The van der Waals surface area contributed by atoms with E-state index in [2.05, 4.69) is 52.0 Å². The van der Waals surface area contributed by atoms with Gasteiger partial charge in [0.15, 0.2) is 0 Å². The molecular formula is C20H33NO. The molecule has 0 aliphatic carbocycles. The summed E-state index contributed by atoms with van der Waals surface area (Å²) in [5, 5.41) is 13.2. The molecule has 1 aliphatic heterocycles. The number of hydrogen-bond acceptors (Lipinski definition) is 2. The number of rotatable bonds is 8. The highest BCUT2D eigenvalue weighted by atomic mass is 16.5. The Balaban J connectivity index is 2.64. The van der Waals surface area contributed by atoms with Gasteiger partial charge in [-0.05, 0) is 36.8 Å². The second kappa shape index (κ2) is 7.14. The zero-order valence-electron chi connectivity index (χ0n) is 14.9. The van der Waals surface area contributed by atoms with Crippen LogP contribution in [0.2, 0.25) is 0 Å². The first-order valence-electron chi connectivity index (χ1n) is 9.22. The van der Waals surface area contributed by atoms with Gasteiger partial charge in [0.25, 0.3) is 0 Å². The molecule has 1 aliphatic rings. The van der Waals surface area contributed by atoms with Crippen molar-refractivity contribution < 1.29 is 5.21 Å². The van der Waals surface area contributed by atoms with Crippen molar-refractivity contribution in [3.8, 4) is 0 Å². The molecule has 1 aromatic carbocycles. The van der Waals surface area contributed by atoms with Gasteiger partial charge >= 0.3 is 0 Å². The van der Waals surface area contributed by atoms with E-state index in [0.717, 1.165) is 51.4 Å². The van der Waals surface area contributed by atoms with Crippen molar-refractivity contribution in [2.45, 2.75) is 90.1 Å². The summed E-state index contributed by atoms with van der Waals surface area (Å²) in [7, 11) is 0. The molecule has 0 amide bonds. The molecule has 2 nitrogen and oxygen atoms in total. The Bertz CT molecular complexity index is 427. The van der Waals surface area contributed by atoms with Crippen LogP contribution in [0.15, 0.2) is 24.3 Å².